The van der Waals surface area contributed by atoms with E-state index in [0.717, 1.165) is 5.69 Å². The Balaban J connectivity index is 1.63. The summed E-state index contributed by atoms with van der Waals surface area (Å²) in [5, 5.41) is 15.8. The first-order valence-electron chi connectivity index (χ1n) is 9.96. The van der Waals surface area contributed by atoms with Gasteiger partial charge in [-0.3, -0.25) is 4.98 Å². The molecule has 2 N–H and O–H groups in total. The van der Waals surface area contributed by atoms with Crippen LogP contribution in [-0.4, -0.2) is 15.2 Å². The van der Waals surface area contributed by atoms with Gasteiger partial charge < -0.3 is 19.7 Å². The molecule has 3 heterocycles. The Kier molecular flexibility index (Phi) is 5.93. The summed E-state index contributed by atoms with van der Waals surface area (Å²) in [6.45, 7) is 0. The molecule has 0 unspecified atom stereocenters. The fourth-order valence-electron chi connectivity index (χ4n) is 3.94. The molecule has 0 saturated carbocycles. The van der Waals surface area contributed by atoms with Crippen molar-refractivity contribution >= 4 is 57.8 Å². The number of hydrogen-bond donors (Lipinski definition) is 2. The number of phenolic OH excluding ortho intramolecular Hbond substituents is 1. The monoisotopic (exact) mass is 515 g/mol. The van der Waals surface area contributed by atoms with Crippen LogP contribution in [0.4, 0.5) is 5.69 Å². The van der Waals surface area contributed by atoms with Gasteiger partial charge in [-0.2, -0.15) is 0 Å². The van der Waals surface area contributed by atoms with Gasteiger partial charge in [0.05, 0.1) is 22.4 Å². The molecular formula is C24H16Cl3N3O2S. The van der Waals surface area contributed by atoms with Crippen LogP contribution in [0, 0.1) is 0 Å². The number of anilines is 1. The maximum Gasteiger partial charge on any atom is 0.174 e. The molecular weight excluding hydrogens is 501 g/mol. The van der Waals surface area contributed by atoms with Gasteiger partial charge in [0.15, 0.2) is 5.11 Å². The Labute approximate surface area is 210 Å². The molecule has 9 heteroatoms. The number of nitrogens with zero attached hydrogens (tertiary/aromatic N) is 2. The Bertz CT molecular complexity index is 1350. The highest BCUT2D eigenvalue weighted by Gasteiger charge is 2.43. The normalized spacial score (nSPS) is 17.9. The Morgan fingerprint density at radius 2 is 1.76 bits per heavy atom. The van der Waals surface area contributed by atoms with Gasteiger partial charge in [0.25, 0.3) is 0 Å². The third-order valence-corrected chi connectivity index (χ3v) is 6.51. The second-order valence-corrected chi connectivity index (χ2v) is 9.12. The fraction of sp³-hybridized carbons (Fsp3) is 0.0833. The van der Waals surface area contributed by atoms with E-state index in [9.17, 15) is 5.11 Å². The van der Waals surface area contributed by atoms with Crippen LogP contribution in [0.3, 0.4) is 0 Å². The van der Waals surface area contributed by atoms with Crippen molar-refractivity contribution in [2.24, 2.45) is 0 Å². The molecule has 1 aliphatic rings. The van der Waals surface area contributed by atoms with Crippen LogP contribution in [0.5, 0.6) is 5.75 Å². The zero-order valence-electron chi connectivity index (χ0n) is 16.9. The van der Waals surface area contributed by atoms with E-state index in [0.29, 0.717) is 43.0 Å². The van der Waals surface area contributed by atoms with Gasteiger partial charge >= 0.3 is 0 Å². The fourth-order valence-corrected chi connectivity index (χ4v) is 4.95. The maximum atomic E-state index is 10.6. The topological polar surface area (TPSA) is 61.5 Å². The third kappa shape index (κ3) is 4.15. The van der Waals surface area contributed by atoms with E-state index in [1.54, 1.807) is 35.4 Å². The molecule has 0 spiro atoms. The lowest BCUT2D eigenvalue weighted by Gasteiger charge is -2.26. The molecule has 2 atom stereocenters. The lowest BCUT2D eigenvalue weighted by atomic mass is 10.0. The summed E-state index contributed by atoms with van der Waals surface area (Å²) in [7, 11) is 0. The predicted octanol–water partition coefficient (Wildman–Crippen LogP) is 7.18. The Morgan fingerprint density at radius 1 is 0.970 bits per heavy atom. The van der Waals surface area contributed by atoms with Crippen LogP contribution in [-0.2, 0) is 0 Å². The number of hydrogen-bond acceptors (Lipinski definition) is 4. The van der Waals surface area contributed by atoms with Crippen molar-refractivity contribution in [3.8, 4) is 17.1 Å². The smallest absolute Gasteiger partial charge is 0.174 e. The highest BCUT2D eigenvalue weighted by Crippen LogP contribution is 2.46. The number of aromatic nitrogens is 1. The standard InChI is InChI=1S/C24H16Cl3N3O2S/c25-13-4-6-15(16(27)11-13)20-8-9-21(32-20)23-22(17-3-1-2-10-28-17)29-24(33)30(23)18-12-14(26)5-7-19(18)31/h1-12,22-23,31H,(H,29,33)/t22-,23+/m0/s1. The number of furan rings is 1. The quantitative estimate of drug-likeness (QED) is 0.280. The maximum absolute atomic E-state index is 10.6. The predicted molar refractivity (Wildman–Crippen MR) is 135 cm³/mol. The number of pyridine rings is 1. The summed E-state index contributed by atoms with van der Waals surface area (Å²) >= 11 is 24.4. The highest BCUT2D eigenvalue weighted by atomic mass is 35.5. The van der Waals surface area contributed by atoms with Crippen LogP contribution >= 0.6 is 47.0 Å². The summed E-state index contributed by atoms with van der Waals surface area (Å²) in [4.78, 5) is 6.31. The van der Waals surface area contributed by atoms with Crippen LogP contribution in [0.25, 0.3) is 11.3 Å². The minimum absolute atomic E-state index is 0.0442. The van der Waals surface area contributed by atoms with Crippen molar-refractivity contribution in [1.82, 2.24) is 10.3 Å². The van der Waals surface area contributed by atoms with Crippen LogP contribution in [0.15, 0.2) is 77.3 Å². The van der Waals surface area contributed by atoms with Gasteiger partial charge in [0, 0.05) is 21.8 Å². The largest absolute Gasteiger partial charge is 0.506 e. The first-order chi connectivity index (χ1) is 15.9. The first kappa shape index (κ1) is 22.0. The van der Waals surface area contributed by atoms with Crippen molar-refractivity contribution in [3.63, 3.8) is 0 Å². The second-order valence-electron chi connectivity index (χ2n) is 7.46. The molecule has 2 aromatic carbocycles. The molecule has 166 valence electrons. The summed E-state index contributed by atoms with van der Waals surface area (Å²) in [5.74, 6) is 1.24. The molecule has 2 aromatic heterocycles. The second kappa shape index (κ2) is 8.88. The van der Waals surface area contributed by atoms with Crippen molar-refractivity contribution in [1.29, 1.82) is 0 Å². The molecule has 1 aliphatic heterocycles. The SMILES string of the molecule is Oc1ccc(Cl)cc1N1C(=S)N[C@@H](c2ccccn2)[C@H]1c1ccc(-c2ccc(Cl)cc2Cl)o1. The molecule has 1 saturated heterocycles. The van der Waals surface area contributed by atoms with E-state index < -0.39 is 6.04 Å². The molecule has 0 bridgehead atoms. The van der Waals surface area contributed by atoms with Crippen molar-refractivity contribution in [2.75, 3.05) is 4.90 Å². The van der Waals surface area contributed by atoms with E-state index >= 15 is 0 Å². The van der Waals surface area contributed by atoms with E-state index in [2.05, 4.69) is 10.3 Å². The Morgan fingerprint density at radius 3 is 2.52 bits per heavy atom. The van der Waals surface area contributed by atoms with Crippen LogP contribution < -0.4 is 10.2 Å². The number of thiocarbonyl (C=S) groups is 1. The molecule has 5 rings (SSSR count). The van der Waals surface area contributed by atoms with Crippen molar-refractivity contribution < 1.29 is 9.52 Å². The average molecular weight is 517 g/mol. The number of aromatic hydroxyl groups is 1. The molecule has 4 aromatic rings. The first-order valence-corrected chi connectivity index (χ1v) is 11.5. The molecule has 0 radical (unpaired) electrons. The minimum Gasteiger partial charge on any atom is -0.506 e. The summed E-state index contributed by atoms with van der Waals surface area (Å²) in [5.41, 5.74) is 1.95. The molecule has 0 aliphatic carbocycles. The number of phenols is 1. The van der Waals surface area contributed by atoms with Gasteiger partial charge in [0.1, 0.15) is 23.3 Å². The average Bonchev–Trinajstić information content (AvgIpc) is 3.40. The minimum atomic E-state index is -0.448. The molecule has 1 fully saturated rings. The lowest BCUT2D eigenvalue weighted by Crippen LogP contribution is -2.29. The van der Waals surface area contributed by atoms with Crippen LogP contribution in [0.1, 0.15) is 23.5 Å². The number of halogens is 3. The van der Waals surface area contributed by atoms with Crippen LogP contribution in [0.2, 0.25) is 15.1 Å². The van der Waals surface area contributed by atoms with Gasteiger partial charge in [-0.1, -0.05) is 40.9 Å². The van der Waals surface area contributed by atoms with E-state index in [1.165, 1.54) is 6.07 Å². The summed E-state index contributed by atoms with van der Waals surface area (Å²) < 4.78 is 6.29. The highest BCUT2D eigenvalue weighted by molar-refractivity contribution is 7.80. The van der Waals surface area contributed by atoms with E-state index in [1.807, 2.05) is 36.4 Å². The zero-order chi connectivity index (χ0) is 23.1. The summed E-state index contributed by atoms with van der Waals surface area (Å²) in [6, 6.07) is 18.6. The number of nitrogens with one attached hydrogen (secondary N) is 1. The zero-order valence-corrected chi connectivity index (χ0v) is 20.0. The molecule has 0 amide bonds. The molecule has 33 heavy (non-hydrogen) atoms. The van der Waals surface area contributed by atoms with E-state index in [-0.39, 0.29) is 11.8 Å². The van der Waals surface area contributed by atoms with Crippen molar-refractivity contribution in [2.45, 2.75) is 12.1 Å². The Hall–Kier alpha value is -2.77. The number of rotatable bonds is 4. The van der Waals surface area contributed by atoms with Crippen molar-refractivity contribution in [3.05, 3.63) is 99.4 Å². The lowest BCUT2D eigenvalue weighted by molar-refractivity contribution is 0.434. The van der Waals surface area contributed by atoms with Gasteiger partial charge in [-0.25, -0.2) is 0 Å². The summed E-state index contributed by atoms with van der Waals surface area (Å²) in [6.07, 6.45) is 1.72. The third-order valence-electron chi connectivity index (χ3n) is 5.41. The van der Waals surface area contributed by atoms with Gasteiger partial charge in [-0.15, -0.1) is 0 Å². The van der Waals surface area contributed by atoms with E-state index in [4.69, 9.17) is 51.4 Å². The van der Waals surface area contributed by atoms with Gasteiger partial charge in [0.2, 0.25) is 0 Å². The van der Waals surface area contributed by atoms with Gasteiger partial charge in [-0.05, 0) is 72.9 Å². The number of benzene rings is 2. The molecule has 5 nitrogen and oxygen atoms in total.